The lowest BCUT2D eigenvalue weighted by atomic mass is 10.0. The van der Waals surface area contributed by atoms with Crippen LogP contribution in [0.3, 0.4) is 0 Å². The van der Waals surface area contributed by atoms with Crippen LogP contribution in [0.1, 0.15) is 5.56 Å². The molecule has 2 amide bonds. The molecule has 8 heteroatoms. The second kappa shape index (κ2) is 10.8. The van der Waals surface area contributed by atoms with E-state index in [4.69, 9.17) is 14.7 Å². The van der Waals surface area contributed by atoms with Gasteiger partial charge in [-0.1, -0.05) is 46.3 Å². The zero-order valence-electron chi connectivity index (χ0n) is 16.3. The summed E-state index contributed by atoms with van der Waals surface area (Å²) in [6.45, 7) is -0.503. The maximum Gasteiger partial charge on any atom is 0.276 e. The predicted molar refractivity (Wildman–Crippen MR) is 118 cm³/mol. The Morgan fingerprint density at radius 1 is 0.806 bits per heavy atom. The number of hydrogen-bond acceptors (Lipinski definition) is 5. The van der Waals surface area contributed by atoms with Gasteiger partial charge in [0.2, 0.25) is 0 Å². The second-order valence-corrected chi connectivity index (χ2v) is 7.26. The van der Waals surface area contributed by atoms with E-state index in [2.05, 4.69) is 32.9 Å². The van der Waals surface area contributed by atoms with Crippen molar-refractivity contribution in [1.82, 2.24) is 10.9 Å². The van der Waals surface area contributed by atoms with E-state index in [1.54, 1.807) is 42.5 Å². The summed E-state index contributed by atoms with van der Waals surface area (Å²) in [5, 5.41) is 8.86. The molecule has 156 valence electrons. The van der Waals surface area contributed by atoms with Crippen LogP contribution in [-0.4, -0.2) is 25.0 Å². The van der Waals surface area contributed by atoms with Crippen molar-refractivity contribution in [3.8, 4) is 28.7 Å². The van der Waals surface area contributed by atoms with Crippen LogP contribution in [0.15, 0.2) is 77.3 Å². The van der Waals surface area contributed by atoms with Gasteiger partial charge in [0.15, 0.2) is 13.2 Å². The Hall–Kier alpha value is -3.83. The molecule has 3 aromatic carbocycles. The number of nitrogens with one attached hydrogen (secondary N) is 2. The molecule has 31 heavy (non-hydrogen) atoms. The minimum atomic E-state index is -0.507. The summed E-state index contributed by atoms with van der Waals surface area (Å²) < 4.78 is 11.6. The van der Waals surface area contributed by atoms with Gasteiger partial charge in [0.25, 0.3) is 11.8 Å². The zero-order chi connectivity index (χ0) is 22.1. The Morgan fingerprint density at radius 3 is 1.90 bits per heavy atom. The SMILES string of the molecule is N#Cc1ccc(-c2ccc(OCC(=O)NNC(=O)COc3cccc(Br)c3)cc2)cc1. The highest BCUT2D eigenvalue weighted by Crippen LogP contribution is 2.22. The highest BCUT2D eigenvalue weighted by atomic mass is 79.9. The molecule has 0 heterocycles. The first-order valence-corrected chi connectivity index (χ1v) is 10.0. The molecule has 0 saturated carbocycles. The summed E-state index contributed by atoms with van der Waals surface area (Å²) in [4.78, 5) is 23.6. The number of ether oxygens (including phenoxy) is 2. The first-order valence-electron chi connectivity index (χ1n) is 9.23. The van der Waals surface area contributed by atoms with Crippen molar-refractivity contribution < 1.29 is 19.1 Å². The van der Waals surface area contributed by atoms with Crippen LogP contribution in [0.5, 0.6) is 11.5 Å². The van der Waals surface area contributed by atoms with Gasteiger partial charge in [-0.3, -0.25) is 20.4 Å². The Kier molecular flexibility index (Phi) is 7.62. The van der Waals surface area contributed by atoms with Gasteiger partial charge in [0, 0.05) is 4.47 Å². The number of carbonyl (C=O) groups excluding carboxylic acids is 2. The normalized spacial score (nSPS) is 9.94. The van der Waals surface area contributed by atoms with Crippen molar-refractivity contribution in [3.63, 3.8) is 0 Å². The van der Waals surface area contributed by atoms with E-state index in [9.17, 15) is 9.59 Å². The standard InChI is InChI=1S/C23H18BrN3O4/c24-19-2-1-3-21(12-19)31-15-23(29)27-26-22(28)14-30-20-10-8-18(9-11-20)17-6-4-16(13-25)5-7-17/h1-12H,14-15H2,(H,26,28)(H,27,29). The van der Waals surface area contributed by atoms with Gasteiger partial charge in [-0.15, -0.1) is 0 Å². The molecule has 0 aliphatic heterocycles. The number of benzene rings is 3. The number of amides is 2. The Balaban J connectivity index is 1.39. The van der Waals surface area contributed by atoms with Crippen molar-refractivity contribution in [2.75, 3.05) is 13.2 Å². The third-order valence-electron chi connectivity index (χ3n) is 4.08. The van der Waals surface area contributed by atoms with Gasteiger partial charge in [-0.2, -0.15) is 5.26 Å². The van der Waals surface area contributed by atoms with E-state index < -0.39 is 11.8 Å². The van der Waals surface area contributed by atoms with Crippen LogP contribution in [0.25, 0.3) is 11.1 Å². The van der Waals surface area contributed by atoms with Crippen LogP contribution in [0.2, 0.25) is 0 Å². The van der Waals surface area contributed by atoms with Crippen LogP contribution in [0.4, 0.5) is 0 Å². The van der Waals surface area contributed by atoms with Gasteiger partial charge in [0.05, 0.1) is 11.6 Å². The van der Waals surface area contributed by atoms with Crippen LogP contribution < -0.4 is 20.3 Å². The predicted octanol–water partition coefficient (Wildman–Crippen LogP) is 3.59. The molecule has 0 spiro atoms. The van der Waals surface area contributed by atoms with E-state index in [-0.39, 0.29) is 13.2 Å². The quantitative estimate of drug-likeness (QED) is 0.504. The summed E-state index contributed by atoms with van der Waals surface area (Å²) in [6.07, 6.45) is 0. The van der Waals surface area contributed by atoms with Gasteiger partial charge in [-0.25, -0.2) is 0 Å². The van der Waals surface area contributed by atoms with Crippen molar-refractivity contribution in [2.24, 2.45) is 0 Å². The summed E-state index contributed by atoms with van der Waals surface area (Å²) in [6, 6.07) is 23.6. The molecule has 3 rings (SSSR count). The van der Waals surface area contributed by atoms with E-state index >= 15 is 0 Å². The average Bonchev–Trinajstić information content (AvgIpc) is 2.80. The van der Waals surface area contributed by atoms with Gasteiger partial charge in [-0.05, 0) is 53.6 Å². The zero-order valence-corrected chi connectivity index (χ0v) is 17.9. The maximum atomic E-state index is 11.9. The monoisotopic (exact) mass is 479 g/mol. The lowest BCUT2D eigenvalue weighted by Crippen LogP contribution is -2.45. The Bertz CT molecular complexity index is 1090. The molecule has 0 bridgehead atoms. The molecule has 0 aliphatic carbocycles. The fraction of sp³-hybridized carbons (Fsp3) is 0.0870. The summed E-state index contributed by atoms with van der Waals surface area (Å²) in [7, 11) is 0. The molecule has 0 radical (unpaired) electrons. The van der Waals surface area contributed by atoms with Crippen molar-refractivity contribution in [1.29, 1.82) is 5.26 Å². The third kappa shape index (κ3) is 6.87. The maximum absolute atomic E-state index is 11.9. The van der Waals surface area contributed by atoms with Crippen molar-refractivity contribution in [3.05, 3.63) is 82.8 Å². The molecular formula is C23H18BrN3O4. The third-order valence-corrected chi connectivity index (χ3v) is 4.57. The van der Waals surface area contributed by atoms with Gasteiger partial charge < -0.3 is 9.47 Å². The topological polar surface area (TPSA) is 100 Å². The Labute approximate surface area is 187 Å². The van der Waals surface area contributed by atoms with Crippen LogP contribution >= 0.6 is 15.9 Å². The number of halogens is 1. The van der Waals surface area contributed by atoms with Gasteiger partial charge in [0.1, 0.15) is 11.5 Å². The molecule has 0 atom stereocenters. The number of carbonyl (C=O) groups is 2. The van der Waals surface area contributed by atoms with E-state index in [0.717, 1.165) is 15.6 Å². The first kappa shape index (κ1) is 21.9. The molecular weight excluding hydrogens is 462 g/mol. The van der Waals surface area contributed by atoms with Gasteiger partial charge >= 0.3 is 0 Å². The van der Waals surface area contributed by atoms with Crippen molar-refractivity contribution in [2.45, 2.75) is 0 Å². The second-order valence-electron chi connectivity index (χ2n) is 6.34. The fourth-order valence-corrected chi connectivity index (χ4v) is 2.93. The molecule has 2 N–H and O–H groups in total. The van der Waals surface area contributed by atoms with Crippen molar-refractivity contribution >= 4 is 27.7 Å². The largest absolute Gasteiger partial charge is 0.484 e. The van der Waals surface area contributed by atoms with Crippen LogP contribution in [-0.2, 0) is 9.59 Å². The molecule has 0 aromatic heterocycles. The summed E-state index contributed by atoms with van der Waals surface area (Å²) in [5.74, 6) is 0.0348. The number of rotatable bonds is 7. The number of hydrazine groups is 1. The molecule has 7 nitrogen and oxygen atoms in total. The highest BCUT2D eigenvalue weighted by molar-refractivity contribution is 9.10. The highest BCUT2D eigenvalue weighted by Gasteiger charge is 2.07. The molecule has 0 saturated heterocycles. The molecule has 0 aliphatic rings. The summed E-state index contributed by atoms with van der Waals surface area (Å²) in [5.41, 5.74) is 7.06. The van der Waals surface area contributed by atoms with E-state index in [1.165, 1.54) is 0 Å². The summed E-state index contributed by atoms with van der Waals surface area (Å²) >= 11 is 3.31. The minimum Gasteiger partial charge on any atom is -0.484 e. The van der Waals surface area contributed by atoms with E-state index in [1.807, 2.05) is 30.3 Å². The number of hydrogen-bond donors (Lipinski definition) is 2. The smallest absolute Gasteiger partial charge is 0.276 e. The number of nitriles is 1. The molecule has 0 fully saturated rings. The fourth-order valence-electron chi connectivity index (χ4n) is 2.55. The van der Waals surface area contributed by atoms with Crippen LogP contribution in [0, 0.1) is 11.3 Å². The lowest BCUT2D eigenvalue weighted by molar-refractivity contribution is -0.131. The Morgan fingerprint density at radius 2 is 1.35 bits per heavy atom. The lowest BCUT2D eigenvalue weighted by Gasteiger charge is -2.10. The molecule has 3 aromatic rings. The molecule has 0 unspecified atom stereocenters. The van der Waals surface area contributed by atoms with E-state index in [0.29, 0.717) is 17.1 Å². The minimum absolute atomic E-state index is 0.242. The number of nitrogens with zero attached hydrogens (tertiary/aromatic N) is 1. The first-order chi connectivity index (χ1) is 15.0. The average molecular weight is 480 g/mol.